The Bertz CT molecular complexity index is 517. The van der Waals surface area contributed by atoms with E-state index in [0.29, 0.717) is 6.42 Å². The second-order valence-corrected chi connectivity index (χ2v) is 4.32. The first-order valence-corrected chi connectivity index (χ1v) is 5.94. The normalized spacial score (nSPS) is 12.7. The fourth-order valence-corrected chi connectivity index (χ4v) is 2.05. The van der Waals surface area contributed by atoms with Gasteiger partial charge in [-0.25, -0.2) is 4.68 Å². The number of rotatable bonds is 3. The predicted octanol–water partition coefficient (Wildman–Crippen LogP) is 2.93. The number of aliphatic hydroxyl groups excluding tert-OH is 1. The van der Waals surface area contributed by atoms with Gasteiger partial charge in [-0.15, -0.1) is 0 Å². The van der Waals surface area contributed by atoms with Crippen LogP contribution in [-0.2, 0) is 0 Å². The van der Waals surface area contributed by atoms with Gasteiger partial charge in [-0.2, -0.15) is 5.10 Å². The molecule has 0 bridgehead atoms. The Morgan fingerprint density at radius 2 is 2.00 bits per heavy atom. The van der Waals surface area contributed by atoms with Crippen molar-refractivity contribution in [1.82, 2.24) is 9.78 Å². The third kappa shape index (κ3) is 2.24. The van der Waals surface area contributed by atoms with Crippen molar-refractivity contribution in [3.05, 3.63) is 47.3 Å². The van der Waals surface area contributed by atoms with Crippen LogP contribution in [0.5, 0.6) is 0 Å². The first-order chi connectivity index (χ1) is 8.13. The number of hydrogen-bond donors (Lipinski definition) is 1. The van der Waals surface area contributed by atoms with Crippen LogP contribution in [0.4, 0.5) is 0 Å². The summed E-state index contributed by atoms with van der Waals surface area (Å²) in [5.74, 6) is 0. The Labute approximate surface area is 102 Å². The molecule has 17 heavy (non-hydrogen) atoms. The second-order valence-electron chi connectivity index (χ2n) is 4.32. The van der Waals surface area contributed by atoms with Gasteiger partial charge in [-0.3, -0.25) is 0 Å². The summed E-state index contributed by atoms with van der Waals surface area (Å²) < 4.78 is 1.89. The monoisotopic (exact) mass is 230 g/mol. The van der Waals surface area contributed by atoms with Gasteiger partial charge in [0.25, 0.3) is 0 Å². The topological polar surface area (TPSA) is 38.0 Å². The molecule has 1 N–H and O–H groups in total. The van der Waals surface area contributed by atoms with E-state index in [2.05, 4.69) is 5.10 Å². The molecule has 3 heteroatoms. The number of nitrogens with zero attached hydrogens (tertiary/aromatic N) is 2. The molecule has 2 aromatic rings. The van der Waals surface area contributed by atoms with E-state index in [1.165, 1.54) is 0 Å². The Morgan fingerprint density at radius 3 is 2.59 bits per heavy atom. The Kier molecular flexibility index (Phi) is 3.29. The van der Waals surface area contributed by atoms with E-state index in [-0.39, 0.29) is 0 Å². The molecule has 0 amide bonds. The van der Waals surface area contributed by atoms with Gasteiger partial charge in [0.05, 0.1) is 17.5 Å². The summed E-state index contributed by atoms with van der Waals surface area (Å²) in [5.41, 5.74) is 3.97. The van der Waals surface area contributed by atoms with E-state index >= 15 is 0 Å². The number of aromatic nitrogens is 2. The van der Waals surface area contributed by atoms with Crippen molar-refractivity contribution >= 4 is 0 Å². The van der Waals surface area contributed by atoms with Gasteiger partial charge in [0.15, 0.2) is 0 Å². The highest BCUT2D eigenvalue weighted by Crippen LogP contribution is 2.24. The summed E-state index contributed by atoms with van der Waals surface area (Å²) in [6.07, 6.45) is 0.270. The van der Waals surface area contributed by atoms with Crippen LogP contribution >= 0.6 is 0 Å². The lowest BCUT2D eigenvalue weighted by Crippen LogP contribution is -2.06. The smallest absolute Gasteiger partial charge is 0.0808 e. The maximum Gasteiger partial charge on any atom is 0.0808 e. The minimum Gasteiger partial charge on any atom is -0.388 e. The molecular formula is C14H18N2O. The summed E-state index contributed by atoms with van der Waals surface area (Å²) >= 11 is 0. The number of aryl methyl sites for hydroxylation is 2. The van der Waals surface area contributed by atoms with Gasteiger partial charge in [0, 0.05) is 11.3 Å². The maximum absolute atomic E-state index is 10.0. The summed E-state index contributed by atoms with van der Waals surface area (Å²) in [5, 5.41) is 14.5. The molecule has 1 atom stereocenters. The van der Waals surface area contributed by atoms with Crippen molar-refractivity contribution in [2.24, 2.45) is 0 Å². The van der Waals surface area contributed by atoms with Gasteiger partial charge in [0.2, 0.25) is 0 Å². The zero-order valence-corrected chi connectivity index (χ0v) is 10.5. The van der Waals surface area contributed by atoms with Crippen molar-refractivity contribution in [2.75, 3.05) is 0 Å². The molecule has 0 unspecified atom stereocenters. The standard InChI is InChI=1S/C14H18N2O/c1-4-14(17)12-7-5-6-8-13(12)16-11(3)9-10(2)15-16/h5-9,14,17H,4H2,1-3H3/t14-/m1/s1. The minimum atomic E-state index is -0.435. The molecule has 0 aliphatic carbocycles. The van der Waals surface area contributed by atoms with Crippen molar-refractivity contribution in [3.8, 4) is 5.69 Å². The predicted molar refractivity (Wildman–Crippen MR) is 68.3 cm³/mol. The molecule has 0 spiro atoms. The summed E-state index contributed by atoms with van der Waals surface area (Å²) in [7, 11) is 0. The summed E-state index contributed by atoms with van der Waals surface area (Å²) in [6, 6.07) is 9.91. The molecule has 2 rings (SSSR count). The van der Waals surface area contributed by atoms with Crippen LogP contribution in [0, 0.1) is 13.8 Å². The van der Waals surface area contributed by atoms with E-state index < -0.39 is 6.10 Å². The molecular weight excluding hydrogens is 212 g/mol. The first kappa shape index (κ1) is 11.9. The number of benzene rings is 1. The number of aliphatic hydroxyl groups is 1. The van der Waals surface area contributed by atoms with Gasteiger partial charge in [-0.1, -0.05) is 25.1 Å². The largest absolute Gasteiger partial charge is 0.388 e. The molecule has 0 radical (unpaired) electrons. The van der Waals surface area contributed by atoms with Gasteiger partial charge >= 0.3 is 0 Å². The third-order valence-electron chi connectivity index (χ3n) is 2.92. The van der Waals surface area contributed by atoms with Crippen molar-refractivity contribution < 1.29 is 5.11 Å². The third-order valence-corrected chi connectivity index (χ3v) is 2.92. The Hall–Kier alpha value is -1.61. The highest BCUT2D eigenvalue weighted by molar-refractivity contribution is 5.43. The lowest BCUT2D eigenvalue weighted by molar-refractivity contribution is 0.173. The van der Waals surface area contributed by atoms with E-state index in [1.54, 1.807) is 0 Å². The molecule has 0 fully saturated rings. The average molecular weight is 230 g/mol. The lowest BCUT2D eigenvalue weighted by atomic mass is 10.1. The van der Waals surface area contributed by atoms with Crippen LogP contribution in [-0.4, -0.2) is 14.9 Å². The van der Waals surface area contributed by atoms with Crippen molar-refractivity contribution in [3.63, 3.8) is 0 Å². The van der Waals surface area contributed by atoms with Crippen LogP contribution < -0.4 is 0 Å². The zero-order valence-electron chi connectivity index (χ0n) is 10.5. The quantitative estimate of drug-likeness (QED) is 0.880. The van der Waals surface area contributed by atoms with Gasteiger partial charge < -0.3 is 5.11 Å². The van der Waals surface area contributed by atoms with Crippen LogP contribution in [0.1, 0.15) is 36.4 Å². The molecule has 90 valence electrons. The van der Waals surface area contributed by atoms with Gasteiger partial charge in [0.1, 0.15) is 0 Å². The van der Waals surface area contributed by atoms with E-state index in [4.69, 9.17) is 0 Å². The molecule has 1 heterocycles. The Morgan fingerprint density at radius 1 is 1.29 bits per heavy atom. The fraction of sp³-hybridized carbons (Fsp3) is 0.357. The van der Waals surface area contributed by atoms with Gasteiger partial charge in [-0.05, 0) is 32.4 Å². The van der Waals surface area contributed by atoms with Crippen LogP contribution in [0.2, 0.25) is 0 Å². The minimum absolute atomic E-state index is 0.435. The zero-order chi connectivity index (χ0) is 12.4. The molecule has 1 aromatic carbocycles. The molecule has 3 nitrogen and oxygen atoms in total. The maximum atomic E-state index is 10.0. The molecule has 0 saturated carbocycles. The van der Waals surface area contributed by atoms with Crippen LogP contribution in [0.15, 0.2) is 30.3 Å². The molecule has 0 aliphatic rings. The lowest BCUT2D eigenvalue weighted by Gasteiger charge is -2.14. The van der Waals surface area contributed by atoms with E-state index in [1.807, 2.05) is 55.8 Å². The summed E-state index contributed by atoms with van der Waals surface area (Å²) in [4.78, 5) is 0. The number of hydrogen-bond acceptors (Lipinski definition) is 2. The second kappa shape index (κ2) is 4.72. The van der Waals surface area contributed by atoms with Crippen LogP contribution in [0.25, 0.3) is 5.69 Å². The molecule has 0 saturated heterocycles. The SMILES string of the molecule is CC[C@@H](O)c1ccccc1-n1nc(C)cc1C. The Balaban J connectivity index is 2.55. The first-order valence-electron chi connectivity index (χ1n) is 5.94. The average Bonchev–Trinajstić information content (AvgIpc) is 2.67. The van der Waals surface area contributed by atoms with E-state index in [9.17, 15) is 5.11 Å². The summed E-state index contributed by atoms with van der Waals surface area (Å²) in [6.45, 7) is 5.97. The van der Waals surface area contributed by atoms with E-state index in [0.717, 1.165) is 22.6 Å². The van der Waals surface area contributed by atoms with Crippen LogP contribution in [0.3, 0.4) is 0 Å². The van der Waals surface area contributed by atoms with Crippen molar-refractivity contribution in [1.29, 1.82) is 0 Å². The fourth-order valence-electron chi connectivity index (χ4n) is 2.05. The number of para-hydroxylation sites is 1. The highest BCUT2D eigenvalue weighted by atomic mass is 16.3. The molecule has 1 aromatic heterocycles. The highest BCUT2D eigenvalue weighted by Gasteiger charge is 2.13. The molecule has 0 aliphatic heterocycles. The van der Waals surface area contributed by atoms with Crippen molar-refractivity contribution in [2.45, 2.75) is 33.3 Å².